The number of carbonyl (C=O) groups excluding carboxylic acids is 4. The number of amides is 3. The number of carbonyl (C=O) groups is 4. The minimum Gasteiger partial charge on any atom is -0.458 e. The van der Waals surface area contributed by atoms with Crippen molar-refractivity contribution in [3.63, 3.8) is 0 Å². The molecule has 2 rings (SSSR count). The Balaban J connectivity index is 2.58. The summed E-state index contributed by atoms with van der Waals surface area (Å²) in [6, 6.07) is 13.7. The summed E-state index contributed by atoms with van der Waals surface area (Å²) in [5.74, 6) is -1.80. The third kappa shape index (κ3) is 12.6. The zero-order valence-electron chi connectivity index (χ0n) is 28.7. The standard InChI is InChI=1S/C36H53N3O6/c1-11-12-22-39(32(41)29(24(2)3)38-34(43)45-36(8,9)10)30(27-20-18-25(4)19-21-27)31(40)37-28(33(42)44-35(5,6)7)23-26-16-14-13-15-17-26/h13-21,24,28-30H,11-12,22-23H2,1-10H3,(H,37,40)(H,38,43). The molecule has 45 heavy (non-hydrogen) atoms. The van der Waals surface area contributed by atoms with Crippen molar-refractivity contribution >= 4 is 23.9 Å². The van der Waals surface area contributed by atoms with Crippen LogP contribution in [-0.4, -0.2) is 58.6 Å². The Morgan fingerprint density at radius 1 is 0.822 bits per heavy atom. The summed E-state index contributed by atoms with van der Waals surface area (Å²) >= 11 is 0. The van der Waals surface area contributed by atoms with Crippen LogP contribution in [0.15, 0.2) is 54.6 Å². The topological polar surface area (TPSA) is 114 Å². The van der Waals surface area contributed by atoms with E-state index < -0.39 is 53.2 Å². The maximum Gasteiger partial charge on any atom is 0.408 e. The van der Waals surface area contributed by atoms with Gasteiger partial charge in [-0.3, -0.25) is 9.59 Å². The van der Waals surface area contributed by atoms with E-state index in [2.05, 4.69) is 10.6 Å². The van der Waals surface area contributed by atoms with Crippen molar-refractivity contribution in [2.45, 2.75) is 118 Å². The lowest BCUT2D eigenvalue weighted by Gasteiger charge is -2.36. The molecule has 0 bridgehead atoms. The van der Waals surface area contributed by atoms with Crippen molar-refractivity contribution in [2.75, 3.05) is 6.54 Å². The van der Waals surface area contributed by atoms with Crippen LogP contribution in [0.5, 0.6) is 0 Å². The van der Waals surface area contributed by atoms with Gasteiger partial charge in [0.2, 0.25) is 11.8 Å². The molecule has 248 valence electrons. The second kappa shape index (κ2) is 16.4. The molecule has 0 saturated carbocycles. The summed E-state index contributed by atoms with van der Waals surface area (Å²) in [7, 11) is 0. The number of alkyl carbamates (subject to hydrolysis) is 1. The highest BCUT2D eigenvalue weighted by Gasteiger charge is 2.39. The summed E-state index contributed by atoms with van der Waals surface area (Å²) in [5, 5.41) is 5.68. The lowest BCUT2D eigenvalue weighted by molar-refractivity contribution is -0.159. The van der Waals surface area contributed by atoms with Crippen molar-refractivity contribution in [2.24, 2.45) is 5.92 Å². The Labute approximate surface area is 269 Å². The molecule has 2 aromatic rings. The van der Waals surface area contributed by atoms with E-state index in [0.717, 1.165) is 17.5 Å². The van der Waals surface area contributed by atoms with Gasteiger partial charge in [-0.1, -0.05) is 87.4 Å². The Hall–Kier alpha value is -3.88. The molecule has 3 unspecified atom stereocenters. The molecule has 3 amide bonds. The SMILES string of the molecule is CCCCN(C(=O)C(NC(=O)OC(C)(C)C)C(C)C)C(C(=O)NC(Cc1ccccc1)C(=O)OC(C)(C)C)c1ccc(C)cc1. The maximum atomic E-state index is 14.4. The van der Waals surface area contributed by atoms with Crippen molar-refractivity contribution in [3.05, 3.63) is 71.3 Å². The summed E-state index contributed by atoms with van der Waals surface area (Å²) in [6.07, 6.45) is 0.888. The summed E-state index contributed by atoms with van der Waals surface area (Å²) in [5.41, 5.74) is 0.905. The molecule has 9 nitrogen and oxygen atoms in total. The van der Waals surface area contributed by atoms with Gasteiger partial charge in [-0.25, -0.2) is 9.59 Å². The number of nitrogens with one attached hydrogen (secondary N) is 2. The highest BCUT2D eigenvalue weighted by atomic mass is 16.6. The lowest BCUT2D eigenvalue weighted by Crippen LogP contribution is -2.56. The molecular weight excluding hydrogens is 570 g/mol. The first-order valence-electron chi connectivity index (χ1n) is 15.9. The van der Waals surface area contributed by atoms with E-state index in [-0.39, 0.29) is 18.9 Å². The fourth-order valence-electron chi connectivity index (χ4n) is 4.71. The number of nitrogens with zero attached hydrogens (tertiary/aromatic N) is 1. The van der Waals surface area contributed by atoms with E-state index in [9.17, 15) is 19.2 Å². The van der Waals surface area contributed by atoms with Crippen LogP contribution in [0.1, 0.15) is 97.9 Å². The van der Waals surface area contributed by atoms with E-state index >= 15 is 0 Å². The lowest BCUT2D eigenvalue weighted by atomic mass is 9.97. The van der Waals surface area contributed by atoms with Crippen LogP contribution in [0.3, 0.4) is 0 Å². The molecule has 0 aliphatic carbocycles. The second-order valence-electron chi connectivity index (χ2n) is 13.9. The number of unbranched alkanes of at least 4 members (excludes halogenated alkanes) is 1. The molecule has 0 fully saturated rings. The molecule has 0 aromatic heterocycles. The molecule has 0 aliphatic heterocycles. The Kier molecular flexibility index (Phi) is 13.6. The molecule has 0 spiro atoms. The number of rotatable bonds is 13. The van der Waals surface area contributed by atoms with Gasteiger partial charge in [0.15, 0.2) is 0 Å². The van der Waals surface area contributed by atoms with Gasteiger partial charge in [0.1, 0.15) is 29.3 Å². The summed E-state index contributed by atoms with van der Waals surface area (Å²) in [4.78, 5) is 56.5. The average Bonchev–Trinajstić information content (AvgIpc) is 2.92. The van der Waals surface area contributed by atoms with Gasteiger partial charge in [0, 0.05) is 13.0 Å². The number of hydrogen-bond acceptors (Lipinski definition) is 6. The molecule has 9 heteroatoms. The summed E-state index contributed by atoms with van der Waals surface area (Å²) < 4.78 is 11.2. The van der Waals surface area contributed by atoms with Crippen LogP contribution in [0.2, 0.25) is 0 Å². The Morgan fingerprint density at radius 2 is 1.40 bits per heavy atom. The molecule has 3 atom stereocenters. The zero-order chi connectivity index (χ0) is 33.9. The molecular formula is C36H53N3O6. The summed E-state index contributed by atoms with van der Waals surface area (Å²) in [6.45, 7) is 18.4. The average molecular weight is 624 g/mol. The molecule has 0 heterocycles. The number of hydrogen-bond donors (Lipinski definition) is 2. The van der Waals surface area contributed by atoms with Crippen LogP contribution in [-0.2, 0) is 30.3 Å². The molecule has 0 saturated heterocycles. The Bertz CT molecular complexity index is 1260. The first-order chi connectivity index (χ1) is 20.9. The fourth-order valence-corrected chi connectivity index (χ4v) is 4.71. The predicted molar refractivity (Wildman–Crippen MR) is 176 cm³/mol. The van der Waals surface area contributed by atoms with Gasteiger partial charge in [-0.15, -0.1) is 0 Å². The smallest absolute Gasteiger partial charge is 0.408 e. The highest BCUT2D eigenvalue weighted by molar-refractivity contribution is 5.94. The third-order valence-electron chi connectivity index (χ3n) is 6.88. The molecule has 0 radical (unpaired) electrons. The first-order valence-corrected chi connectivity index (χ1v) is 15.9. The molecule has 0 aliphatic rings. The van der Waals surface area contributed by atoms with Gasteiger partial charge < -0.3 is 25.0 Å². The normalized spacial score (nSPS) is 13.8. The van der Waals surface area contributed by atoms with Gasteiger partial charge >= 0.3 is 12.1 Å². The van der Waals surface area contributed by atoms with Crippen LogP contribution in [0.25, 0.3) is 0 Å². The van der Waals surface area contributed by atoms with Crippen molar-refractivity contribution in [3.8, 4) is 0 Å². The van der Waals surface area contributed by atoms with Gasteiger partial charge in [-0.05, 0) is 71.9 Å². The molecule has 2 aromatic carbocycles. The van der Waals surface area contributed by atoms with E-state index in [1.165, 1.54) is 4.90 Å². The maximum absolute atomic E-state index is 14.4. The minimum atomic E-state index is -1.08. The quantitative estimate of drug-likeness (QED) is 0.254. The number of aryl methyl sites for hydroxylation is 1. The van der Waals surface area contributed by atoms with Crippen LogP contribution in [0.4, 0.5) is 4.79 Å². The van der Waals surface area contributed by atoms with E-state index in [1.807, 2.05) is 82.3 Å². The van der Waals surface area contributed by atoms with E-state index in [1.54, 1.807) is 41.5 Å². The van der Waals surface area contributed by atoms with E-state index in [4.69, 9.17) is 9.47 Å². The van der Waals surface area contributed by atoms with Crippen molar-refractivity contribution in [1.82, 2.24) is 15.5 Å². The van der Waals surface area contributed by atoms with Crippen LogP contribution < -0.4 is 10.6 Å². The monoisotopic (exact) mass is 623 g/mol. The number of benzene rings is 2. The van der Waals surface area contributed by atoms with E-state index in [0.29, 0.717) is 12.0 Å². The zero-order valence-corrected chi connectivity index (χ0v) is 28.7. The van der Waals surface area contributed by atoms with Crippen molar-refractivity contribution < 1.29 is 28.7 Å². The Morgan fingerprint density at radius 3 is 1.91 bits per heavy atom. The van der Waals surface area contributed by atoms with Gasteiger partial charge in [0.05, 0.1) is 0 Å². The third-order valence-corrected chi connectivity index (χ3v) is 6.88. The highest BCUT2D eigenvalue weighted by Crippen LogP contribution is 2.26. The van der Waals surface area contributed by atoms with Crippen molar-refractivity contribution in [1.29, 1.82) is 0 Å². The van der Waals surface area contributed by atoms with Gasteiger partial charge in [-0.2, -0.15) is 0 Å². The second-order valence-corrected chi connectivity index (χ2v) is 13.9. The first kappa shape index (κ1) is 37.3. The fraction of sp³-hybridized carbons (Fsp3) is 0.556. The minimum absolute atomic E-state index is 0.208. The number of esters is 1. The van der Waals surface area contributed by atoms with Crippen LogP contribution >= 0.6 is 0 Å². The van der Waals surface area contributed by atoms with Crippen LogP contribution in [0, 0.1) is 12.8 Å². The molecule has 2 N–H and O–H groups in total. The predicted octanol–water partition coefficient (Wildman–Crippen LogP) is 6.28. The van der Waals surface area contributed by atoms with Gasteiger partial charge in [0.25, 0.3) is 0 Å². The largest absolute Gasteiger partial charge is 0.458 e. The number of ether oxygens (including phenoxy) is 2.